The number of amides is 1. The van der Waals surface area contributed by atoms with Gasteiger partial charge in [0.05, 0.1) is 0 Å². The number of rotatable bonds is 5. The Hall–Kier alpha value is -2.29. The van der Waals surface area contributed by atoms with E-state index in [1.165, 1.54) is 11.3 Å². The van der Waals surface area contributed by atoms with Crippen molar-refractivity contribution in [1.29, 1.82) is 0 Å². The Morgan fingerprint density at radius 2 is 2.27 bits per heavy atom. The fraction of sp³-hybridized carbons (Fsp3) is 0.462. The number of aromatic nitrogens is 5. The molecule has 3 aromatic rings. The quantitative estimate of drug-likeness (QED) is 0.773. The van der Waals surface area contributed by atoms with Crippen LogP contribution < -0.4 is 5.32 Å². The molecule has 0 aromatic carbocycles. The lowest BCUT2D eigenvalue weighted by molar-refractivity contribution is -0.116. The largest absolute Gasteiger partial charge is 0.360 e. The number of aryl methyl sites for hydroxylation is 2. The summed E-state index contributed by atoms with van der Waals surface area (Å²) in [6, 6.07) is 1.68. The SMILES string of the molecule is Cc1cc(NC(=O)CCc2nn3c(C(C)C)nnc3s2)no1. The van der Waals surface area contributed by atoms with Crippen molar-refractivity contribution in [3.05, 3.63) is 22.7 Å². The van der Waals surface area contributed by atoms with Crippen LogP contribution in [0.25, 0.3) is 4.96 Å². The minimum atomic E-state index is -0.122. The van der Waals surface area contributed by atoms with Gasteiger partial charge in [0, 0.05) is 24.8 Å². The van der Waals surface area contributed by atoms with Crippen LogP contribution in [0.5, 0.6) is 0 Å². The minimum absolute atomic E-state index is 0.122. The number of hydrogen-bond acceptors (Lipinski definition) is 7. The Bertz CT molecular complexity index is 803. The van der Waals surface area contributed by atoms with Crippen LogP contribution in [0.2, 0.25) is 0 Å². The first-order valence-corrected chi connectivity index (χ1v) is 7.79. The lowest BCUT2D eigenvalue weighted by atomic mass is 10.2. The van der Waals surface area contributed by atoms with Crippen LogP contribution in [0.1, 0.15) is 42.8 Å². The van der Waals surface area contributed by atoms with Crippen LogP contribution in [0.3, 0.4) is 0 Å². The summed E-state index contributed by atoms with van der Waals surface area (Å²) in [4.78, 5) is 12.6. The van der Waals surface area contributed by atoms with Crippen LogP contribution in [0.4, 0.5) is 5.82 Å². The minimum Gasteiger partial charge on any atom is -0.360 e. The summed E-state index contributed by atoms with van der Waals surface area (Å²) >= 11 is 1.45. The van der Waals surface area contributed by atoms with Crippen molar-refractivity contribution in [1.82, 2.24) is 25.0 Å². The molecule has 0 bridgehead atoms. The molecule has 3 aromatic heterocycles. The van der Waals surface area contributed by atoms with Gasteiger partial charge < -0.3 is 9.84 Å². The van der Waals surface area contributed by atoms with Crippen LogP contribution in [-0.2, 0) is 11.2 Å². The Labute approximate surface area is 130 Å². The number of nitrogens with zero attached hydrogens (tertiary/aromatic N) is 5. The molecule has 1 amide bonds. The average Bonchev–Trinajstić information content (AvgIpc) is 3.11. The molecule has 0 fully saturated rings. The number of hydrogen-bond donors (Lipinski definition) is 1. The third-order valence-electron chi connectivity index (χ3n) is 3.03. The van der Waals surface area contributed by atoms with Crippen molar-refractivity contribution < 1.29 is 9.32 Å². The maximum atomic E-state index is 11.9. The maximum absolute atomic E-state index is 11.9. The van der Waals surface area contributed by atoms with Gasteiger partial charge in [0.2, 0.25) is 10.9 Å². The first-order chi connectivity index (χ1) is 10.5. The van der Waals surface area contributed by atoms with Crippen LogP contribution >= 0.6 is 11.3 Å². The molecule has 0 aliphatic rings. The second kappa shape index (κ2) is 5.84. The standard InChI is InChI=1S/C13H16N6O2S/c1-7(2)12-15-16-13-19(12)17-11(22-13)5-4-10(20)14-9-6-8(3)21-18-9/h6-7H,4-5H2,1-3H3,(H,14,18,20). The van der Waals surface area contributed by atoms with E-state index in [1.807, 2.05) is 13.8 Å². The number of fused-ring (bicyclic) bond motifs is 1. The van der Waals surface area contributed by atoms with Gasteiger partial charge in [-0.05, 0) is 6.92 Å². The molecule has 1 N–H and O–H groups in total. The normalized spacial score (nSPS) is 11.5. The van der Waals surface area contributed by atoms with E-state index >= 15 is 0 Å². The van der Waals surface area contributed by atoms with Crippen LogP contribution in [0.15, 0.2) is 10.6 Å². The first-order valence-electron chi connectivity index (χ1n) is 6.97. The topological polar surface area (TPSA) is 98.2 Å². The summed E-state index contributed by atoms with van der Waals surface area (Å²) in [7, 11) is 0. The Morgan fingerprint density at radius 3 is 2.95 bits per heavy atom. The van der Waals surface area contributed by atoms with Crippen molar-refractivity contribution in [2.75, 3.05) is 5.32 Å². The van der Waals surface area contributed by atoms with Gasteiger partial charge in [0.15, 0.2) is 11.6 Å². The predicted octanol–water partition coefficient (Wildman–Crippen LogP) is 2.18. The molecule has 116 valence electrons. The molecule has 0 radical (unpaired) electrons. The van der Waals surface area contributed by atoms with Gasteiger partial charge in [-0.1, -0.05) is 30.3 Å². The molecule has 0 aliphatic carbocycles. The third-order valence-corrected chi connectivity index (χ3v) is 3.99. The lowest BCUT2D eigenvalue weighted by Gasteiger charge is -1.99. The summed E-state index contributed by atoms with van der Waals surface area (Å²) in [5.74, 6) is 2.06. The van der Waals surface area contributed by atoms with E-state index in [1.54, 1.807) is 17.5 Å². The number of carbonyl (C=O) groups excluding carboxylic acids is 1. The Balaban J connectivity index is 1.62. The summed E-state index contributed by atoms with van der Waals surface area (Å²) in [6.45, 7) is 5.86. The van der Waals surface area contributed by atoms with E-state index in [0.29, 0.717) is 24.4 Å². The number of anilines is 1. The molecular formula is C13H16N6O2S. The average molecular weight is 320 g/mol. The van der Waals surface area contributed by atoms with Gasteiger partial charge >= 0.3 is 0 Å². The molecule has 0 atom stereocenters. The molecule has 0 unspecified atom stereocenters. The van der Waals surface area contributed by atoms with Crippen molar-refractivity contribution in [2.24, 2.45) is 0 Å². The summed E-state index contributed by atoms with van der Waals surface area (Å²) in [5.41, 5.74) is 0. The number of carbonyl (C=O) groups is 1. The molecule has 0 saturated heterocycles. The summed E-state index contributed by atoms with van der Waals surface area (Å²) < 4.78 is 6.65. The van der Waals surface area contributed by atoms with Gasteiger partial charge in [-0.2, -0.15) is 9.61 Å². The predicted molar refractivity (Wildman–Crippen MR) is 80.9 cm³/mol. The molecular weight excluding hydrogens is 304 g/mol. The second-order valence-electron chi connectivity index (χ2n) is 5.27. The van der Waals surface area contributed by atoms with Gasteiger partial charge in [-0.3, -0.25) is 4.79 Å². The van der Waals surface area contributed by atoms with E-state index in [0.717, 1.165) is 15.8 Å². The van der Waals surface area contributed by atoms with E-state index in [-0.39, 0.29) is 11.8 Å². The number of nitrogens with one attached hydrogen (secondary N) is 1. The maximum Gasteiger partial charge on any atom is 0.234 e. The lowest BCUT2D eigenvalue weighted by Crippen LogP contribution is -2.12. The van der Waals surface area contributed by atoms with Gasteiger partial charge in [0.25, 0.3) is 0 Å². The third kappa shape index (κ3) is 2.98. The molecule has 9 heteroatoms. The molecule has 0 spiro atoms. The monoisotopic (exact) mass is 320 g/mol. The van der Waals surface area contributed by atoms with Gasteiger partial charge in [0.1, 0.15) is 10.8 Å². The zero-order valence-corrected chi connectivity index (χ0v) is 13.3. The highest BCUT2D eigenvalue weighted by molar-refractivity contribution is 7.16. The van der Waals surface area contributed by atoms with Crippen LogP contribution in [0, 0.1) is 6.92 Å². The van der Waals surface area contributed by atoms with Crippen molar-refractivity contribution in [2.45, 2.75) is 39.5 Å². The fourth-order valence-corrected chi connectivity index (χ4v) is 2.82. The highest BCUT2D eigenvalue weighted by Crippen LogP contribution is 2.19. The zero-order valence-electron chi connectivity index (χ0n) is 12.5. The highest BCUT2D eigenvalue weighted by atomic mass is 32.1. The van der Waals surface area contributed by atoms with E-state index < -0.39 is 0 Å². The smallest absolute Gasteiger partial charge is 0.234 e. The molecule has 3 rings (SSSR count). The van der Waals surface area contributed by atoms with Crippen molar-refractivity contribution in [3.63, 3.8) is 0 Å². The highest BCUT2D eigenvalue weighted by Gasteiger charge is 2.15. The van der Waals surface area contributed by atoms with Gasteiger partial charge in [-0.15, -0.1) is 10.2 Å². The first kappa shape index (κ1) is 14.6. The zero-order chi connectivity index (χ0) is 15.7. The molecule has 0 saturated carbocycles. The summed E-state index contributed by atoms with van der Waals surface area (Å²) in [6.07, 6.45) is 0.876. The van der Waals surface area contributed by atoms with Crippen molar-refractivity contribution >= 4 is 28.0 Å². The second-order valence-corrected chi connectivity index (χ2v) is 6.31. The summed E-state index contributed by atoms with van der Waals surface area (Å²) in [5, 5.41) is 20.0. The van der Waals surface area contributed by atoms with E-state index in [9.17, 15) is 4.79 Å². The van der Waals surface area contributed by atoms with E-state index in [4.69, 9.17) is 4.52 Å². The Kier molecular flexibility index (Phi) is 3.88. The van der Waals surface area contributed by atoms with Gasteiger partial charge in [-0.25, -0.2) is 0 Å². The molecule has 3 heterocycles. The molecule has 0 aliphatic heterocycles. The van der Waals surface area contributed by atoms with E-state index in [2.05, 4.69) is 25.8 Å². The van der Waals surface area contributed by atoms with Crippen LogP contribution in [-0.4, -0.2) is 30.9 Å². The van der Waals surface area contributed by atoms with Crippen molar-refractivity contribution in [3.8, 4) is 0 Å². The molecule has 22 heavy (non-hydrogen) atoms. The molecule has 8 nitrogen and oxygen atoms in total. The fourth-order valence-electron chi connectivity index (χ4n) is 1.98. The Morgan fingerprint density at radius 1 is 1.45 bits per heavy atom.